The van der Waals surface area contributed by atoms with Crippen molar-refractivity contribution >= 4 is 24.1 Å². The Hall–Kier alpha value is -5.44. The molecule has 0 aliphatic heterocycles. The molecular weight excluding hydrogens is 500 g/mol. The first-order valence-corrected chi connectivity index (χ1v) is 11.7. The van der Waals surface area contributed by atoms with E-state index >= 15 is 0 Å². The highest BCUT2D eigenvalue weighted by atomic mass is 16.5. The molecule has 0 saturated heterocycles. The van der Waals surface area contributed by atoms with Gasteiger partial charge in [0.15, 0.2) is 11.5 Å². The van der Waals surface area contributed by atoms with Gasteiger partial charge in [-0.1, -0.05) is 36.4 Å². The molecule has 0 atom stereocenters. The van der Waals surface area contributed by atoms with Crippen LogP contribution in [0, 0.1) is 0 Å². The van der Waals surface area contributed by atoms with Crippen molar-refractivity contribution in [3.63, 3.8) is 0 Å². The number of hydrogen-bond donors (Lipinski definition) is 1. The number of amides is 1. The van der Waals surface area contributed by atoms with Crippen molar-refractivity contribution in [3.05, 3.63) is 119 Å². The summed E-state index contributed by atoms with van der Waals surface area (Å²) in [6.45, 7) is 0. The Labute approximate surface area is 224 Å². The lowest BCUT2D eigenvalue weighted by molar-refractivity contribution is 0.0732. The number of nitrogens with one attached hydrogen (secondary N) is 1. The van der Waals surface area contributed by atoms with Crippen LogP contribution in [0.25, 0.3) is 0 Å². The monoisotopic (exact) mass is 524 g/mol. The fourth-order valence-corrected chi connectivity index (χ4v) is 3.45. The number of ether oxygens (including phenoxy) is 4. The quantitative estimate of drug-likeness (QED) is 0.143. The zero-order valence-electron chi connectivity index (χ0n) is 21.1. The molecule has 39 heavy (non-hydrogen) atoms. The van der Waals surface area contributed by atoms with Gasteiger partial charge in [-0.05, 0) is 54.6 Å². The molecule has 0 aliphatic carbocycles. The van der Waals surface area contributed by atoms with Gasteiger partial charge in [-0.3, -0.25) is 4.79 Å². The molecule has 0 fully saturated rings. The zero-order valence-corrected chi connectivity index (χ0v) is 21.1. The van der Waals surface area contributed by atoms with Crippen molar-refractivity contribution in [2.24, 2.45) is 5.10 Å². The molecular formula is C30H24N2O7. The first kappa shape index (κ1) is 26.6. The van der Waals surface area contributed by atoms with Crippen molar-refractivity contribution in [2.75, 3.05) is 14.2 Å². The van der Waals surface area contributed by atoms with Gasteiger partial charge in [-0.2, -0.15) is 5.10 Å². The molecule has 1 amide bonds. The van der Waals surface area contributed by atoms with Gasteiger partial charge >= 0.3 is 11.9 Å². The topological polar surface area (TPSA) is 113 Å². The number of methoxy groups -OCH3 is 2. The Morgan fingerprint density at radius 1 is 0.641 bits per heavy atom. The first-order valence-electron chi connectivity index (χ1n) is 11.7. The van der Waals surface area contributed by atoms with Gasteiger partial charge in [0.2, 0.25) is 0 Å². The van der Waals surface area contributed by atoms with Crippen LogP contribution in [0.4, 0.5) is 0 Å². The second-order valence-corrected chi connectivity index (χ2v) is 7.98. The van der Waals surface area contributed by atoms with Crippen LogP contribution in [0.1, 0.15) is 36.6 Å². The van der Waals surface area contributed by atoms with E-state index in [1.807, 2.05) is 0 Å². The van der Waals surface area contributed by atoms with Gasteiger partial charge in [0.05, 0.1) is 31.6 Å². The third-order valence-electron chi connectivity index (χ3n) is 5.43. The maximum Gasteiger partial charge on any atom is 0.343 e. The molecule has 4 aromatic carbocycles. The molecule has 1 N–H and O–H groups in total. The highest BCUT2D eigenvalue weighted by Crippen LogP contribution is 2.28. The van der Waals surface area contributed by atoms with Crippen LogP contribution >= 0.6 is 0 Å². The molecule has 0 aliphatic rings. The lowest BCUT2D eigenvalue weighted by atomic mass is 10.2. The van der Waals surface area contributed by atoms with E-state index in [2.05, 4.69) is 10.5 Å². The van der Waals surface area contributed by atoms with Gasteiger partial charge in [-0.25, -0.2) is 15.0 Å². The highest BCUT2D eigenvalue weighted by molar-refractivity contribution is 5.97. The highest BCUT2D eigenvalue weighted by Gasteiger charge is 2.15. The Kier molecular flexibility index (Phi) is 8.66. The number of nitrogens with zero attached hydrogens (tertiary/aromatic N) is 1. The predicted molar refractivity (Wildman–Crippen MR) is 144 cm³/mol. The maximum absolute atomic E-state index is 12.7. The number of esters is 2. The summed E-state index contributed by atoms with van der Waals surface area (Å²) in [4.78, 5) is 37.8. The Bertz CT molecular complexity index is 1500. The third-order valence-corrected chi connectivity index (χ3v) is 5.43. The van der Waals surface area contributed by atoms with Crippen molar-refractivity contribution in [1.82, 2.24) is 5.43 Å². The van der Waals surface area contributed by atoms with Crippen LogP contribution in [0.2, 0.25) is 0 Å². The summed E-state index contributed by atoms with van der Waals surface area (Å²) in [6.07, 6.45) is 1.31. The average molecular weight is 525 g/mol. The molecule has 0 heterocycles. The van der Waals surface area contributed by atoms with E-state index in [-0.39, 0.29) is 11.5 Å². The number of rotatable bonds is 9. The van der Waals surface area contributed by atoms with E-state index in [1.165, 1.54) is 38.6 Å². The summed E-state index contributed by atoms with van der Waals surface area (Å²) in [5.41, 5.74) is 3.77. The zero-order chi connectivity index (χ0) is 27.6. The van der Waals surface area contributed by atoms with Crippen molar-refractivity contribution in [2.45, 2.75) is 0 Å². The van der Waals surface area contributed by atoms with E-state index in [9.17, 15) is 14.4 Å². The normalized spacial score (nSPS) is 10.5. The molecule has 0 aromatic heterocycles. The van der Waals surface area contributed by atoms with Crippen LogP contribution in [0.3, 0.4) is 0 Å². The van der Waals surface area contributed by atoms with E-state index in [0.717, 1.165) is 0 Å². The van der Waals surface area contributed by atoms with Gasteiger partial charge < -0.3 is 18.9 Å². The minimum absolute atomic E-state index is 0.0753. The maximum atomic E-state index is 12.7. The molecule has 196 valence electrons. The Morgan fingerprint density at radius 3 is 1.87 bits per heavy atom. The SMILES string of the molecule is COc1ccc(C(=O)N/N=C\c2ccc(OC(=O)c3ccccc3)cc2OC(=O)c2ccccc2)cc1OC. The smallest absolute Gasteiger partial charge is 0.343 e. The van der Waals surface area contributed by atoms with Crippen molar-refractivity contribution in [3.8, 4) is 23.0 Å². The fraction of sp³-hybridized carbons (Fsp3) is 0.0667. The van der Waals surface area contributed by atoms with Crippen LogP contribution in [-0.2, 0) is 0 Å². The lowest BCUT2D eigenvalue weighted by Gasteiger charge is -2.11. The Balaban J connectivity index is 1.55. The van der Waals surface area contributed by atoms with Crippen molar-refractivity contribution < 1.29 is 33.3 Å². The van der Waals surface area contributed by atoms with Crippen LogP contribution in [0.5, 0.6) is 23.0 Å². The van der Waals surface area contributed by atoms with Gasteiger partial charge in [0, 0.05) is 17.2 Å². The number of hydrogen-bond acceptors (Lipinski definition) is 8. The number of carbonyl (C=O) groups excluding carboxylic acids is 3. The summed E-state index contributed by atoms with van der Waals surface area (Å²) in [5, 5.41) is 4.00. The molecule has 0 unspecified atom stereocenters. The van der Waals surface area contributed by atoms with Crippen LogP contribution < -0.4 is 24.4 Å². The summed E-state index contributed by atoms with van der Waals surface area (Å²) < 4.78 is 21.5. The van der Waals surface area contributed by atoms with Crippen LogP contribution in [-0.4, -0.2) is 38.3 Å². The number of carbonyl (C=O) groups is 3. The van der Waals surface area contributed by atoms with E-state index < -0.39 is 17.8 Å². The van der Waals surface area contributed by atoms with Crippen LogP contribution in [0.15, 0.2) is 102 Å². The standard InChI is InChI=1S/C30H24N2O7/c1-36-25-16-14-22(17-27(25)37-2)28(33)32-31-19-23-13-15-24(38-29(34)20-9-5-3-6-10-20)18-26(23)39-30(35)21-11-7-4-8-12-21/h3-19H,1-2H3,(H,32,33)/b31-19-. The average Bonchev–Trinajstić information content (AvgIpc) is 2.98. The number of hydrazone groups is 1. The molecule has 0 spiro atoms. The van der Waals surface area contributed by atoms with E-state index in [4.69, 9.17) is 18.9 Å². The largest absolute Gasteiger partial charge is 0.493 e. The Morgan fingerprint density at radius 2 is 1.26 bits per heavy atom. The molecule has 9 nitrogen and oxygen atoms in total. The molecule has 4 rings (SSSR count). The summed E-state index contributed by atoms with van der Waals surface area (Å²) in [5.74, 6) is -0.577. The summed E-state index contributed by atoms with van der Waals surface area (Å²) >= 11 is 0. The fourth-order valence-electron chi connectivity index (χ4n) is 3.45. The summed E-state index contributed by atoms with van der Waals surface area (Å²) in [7, 11) is 2.97. The van der Waals surface area contributed by atoms with E-state index in [0.29, 0.717) is 33.8 Å². The van der Waals surface area contributed by atoms with Gasteiger partial charge in [0.1, 0.15) is 11.5 Å². The van der Waals surface area contributed by atoms with Crippen molar-refractivity contribution in [1.29, 1.82) is 0 Å². The molecule has 4 aromatic rings. The second-order valence-electron chi connectivity index (χ2n) is 7.98. The van der Waals surface area contributed by atoms with E-state index in [1.54, 1.807) is 78.9 Å². The lowest BCUT2D eigenvalue weighted by Crippen LogP contribution is -2.18. The molecule has 0 radical (unpaired) electrons. The first-order chi connectivity index (χ1) is 19.0. The second kappa shape index (κ2) is 12.7. The molecule has 0 bridgehead atoms. The predicted octanol–water partition coefficient (Wildman–Crippen LogP) is 4.91. The minimum atomic E-state index is -0.619. The van der Waals surface area contributed by atoms with Gasteiger partial charge in [-0.15, -0.1) is 0 Å². The molecule has 0 saturated carbocycles. The van der Waals surface area contributed by atoms with Gasteiger partial charge in [0.25, 0.3) is 5.91 Å². The summed E-state index contributed by atoms with van der Waals surface area (Å²) in [6, 6.07) is 26.1. The number of benzene rings is 4. The third kappa shape index (κ3) is 6.86. The minimum Gasteiger partial charge on any atom is -0.493 e. The molecule has 9 heteroatoms.